The molecule has 0 rings (SSSR count). The van der Waals surface area contributed by atoms with Crippen molar-refractivity contribution in [1.29, 1.82) is 0 Å². The summed E-state index contributed by atoms with van der Waals surface area (Å²) in [7, 11) is -9.92. The van der Waals surface area contributed by atoms with E-state index in [0.717, 1.165) is 114 Å². The molecule has 19 heteroatoms. The van der Waals surface area contributed by atoms with Crippen LogP contribution in [0.25, 0.3) is 0 Å². The topological polar surface area (TPSA) is 237 Å². The van der Waals surface area contributed by atoms with E-state index in [9.17, 15) is 43.2 Å². The van der Waals surface area contributed by atoms with Crippen LogP contribution in [0.1, 0.15) is 427 Å². The van der Waals surface area contributed by atoms with Gasteiger partial charge in [0.2, 0.25) is 0 Å². The van der Waals surface area contributed by atoms with Crippen LogP contribution in [0, 0.1) is 17.8 Å². The summed E-state index contributed by atoms with van der Waals surface area (Å²) in [5.74, 6) is 0.291. The number of rotatable bonds is 80. The van der Waals surface area contributed by atoms with Gasteiger partial charge in [-0.2, -0.15) is 0 Å². The van der Waals surface area contributed by atoms with Gasteiger partial charge in [0, 0.05) is 25.7 Å². The number of hydrogen-bond acceptors (Lipinski definition) is 15. The van der Waals surface area contributed by atoms with Crippen molar-refractivity contribution < 1.29 is 80.2 Å². The fourth-order valence-electron chi connectivity index (χ4n) is 12.6. The molecule has 101 heavy (non-hydrogen) atoms. The van der Waals surface area contributed by atoms with Gasteiger partial charge in [-0.05, 0) is 43.4 Å². The number of phosphoric ester groups is 2. The molecule has 600 valence electrons. The number of hydrogen-bond donors (Lipinski definition) is 3. The Labute approximate surface area is 619 Å². The van der Waals surface area contributed by atoms with E-state index in [2.05, 4.69) is 48.5 Å². The molecular weight excluding hydrogens is 1320 g/mol. The molecule has 0 aromatic rings. The van der Waals surface area contributed by atoms with Crippen molar-refractivity contribution in [3.05, 3.63) is 0 Å². The molecule has 3 N–H and O–H groups in total. The van der Waals surface area contributed by atoms with E-state index in [-0.39, 0.29) is 25.7 Å². The van der Waals surface area contributed by atoms with Crippen molar-refractivity contribution in [3.8, 4) is 0 Å². The van der Waals surface area contributed by atoms with Gasteiger partial charge in [0.25, 0.3) is 0 Å². The summed E-state index contributed by atoms with van der Waals surface area (Å²) in [4.78, 5) is 73.0. The maximum absolute atomic E-state index is 13.1. The van der Waals surface area contributed by atoms with Crippen molar-refractivity contribution >= 4 is 39.5 Å². The first-order chi connectivity index (χ1) is 48.8. The Morgan fingerprint density at radius 1 is 0.287 bits per heavy atom. The Morgan fingerprint density at radius 2 is 0.505 bits per heavy atom. The minimum absolute atomic E-state index is 0.106. The number of carbonyl (C=O) groups excluding carboxylic acids is 4. The Hall–Kier alpha value is -1.94. The van der Waals surface area contributed by atoms with E-state index in [4.69, 9.17) is 37.0 Å². The smallest absolute Gasteiger partial charge is 0.462 e. The first kappa shape index (κ1) is 99.1. The Morgan fingerprint density at radius 3 is 0.752 bits per heavy atom. The maximum atomic E-state index is 13.1. The van der Waals surface area contributed by atoms with E-state index in [1.54, 1.807) is 0 Å². The zero-order valence-electron chi connectivity index (χ0n) is 66.4. The van der Waals surface area contributed by atoms with Gasteiger partial charge in [-0.1, -0.05) is 376 Å². The summed E-state index contributed by atoms with van der Waals surface area (Å²) in [5, 5.41) is 10.6. The normalized spacial score (nSPS) is 14.5. The summed E-state index contributed by atoms with van der Waals surface area (Å²) in [6.45, 7) is 12.0. The second-order valence-electron chi connectivity index (χ2n) is 30.5. The average Bonchev–Trinajstić information content (AvgIpc) is 0.943. The van der Waals surface area contributed by atoms with Crippen molar-refractivity contribution in [2.24, 2.45) is 17.8 Å². The van der Waals surface area contributed by atoms with Gasteiger partial charge in [-0.15, -0.1) is 0 Å². The Bertz CT molecular complexity index is 1960. The lowest BCUT2D eigenvalue weighted by molar-refractivity contribution is -0.161. The molecule has 0 heterocycles. The molecule has 0 bridgehead atoms. The minimum Gasteiger partial charge on any atom is -0.462 e. The van der Waals surface area contributed by atoms with Crippen molar-refractivity contribution in [3.63, 3.8) is 0 Å². The van der Waals surface area contributed by atoms with Gasteiger partial charge in [-0.25, -0.2) is 9.13 Å². The van der Waals surface area contributed by atoms with Crippen LogP contribution in [-0.2, 0) is 65.4 Å². The second-order valence-corrected chi connectivity index (χ2v) is 33.4. The first-order valence-corrected chi connectivity index (χ1v) is 45.4. The zero-order chi connectivity index (χ0) is 74.4. The Balaban J connectivity index is 5.22. The SMILES string of the molecule is CCCCCCCCCCCCCCC(=O)O[C@H](COC(=O)CCCCCCCCC(C)CC)COP(=O)(O)OC[C@H](O)COP(=O)(O)OC[C@@H](COC(=O)CCCCCCCCCCCCCCCCC(C)CC)OC(=O)CCCCCCCCCCCCCCCCCCCCC(C)C. The molecule has 0 aliphatic rings. The van der Waals surface area contributed by atoms with Crippen LogP contribution >= 0.6 is 15.6 Å². The third-order valence-electron chi connectivity index (χ3n) is 19.9. The van der Waals surface area contributed by atoms with Crippen molar-refractivity contribution in [2.75, 3.05) is 39.6 Å². The summed E-state index contributed by atoms with van der Waals surface area (Å²) in [6, 6.07) is 0. The highest BCUT2D eigenvalue weighted by atomic mass is 31.2. The molecule has 0 saturated heterocycles. The van der Waals surface area contributed by atoms with Gasteiger partial charge in [0.05, 0.1) is 26.4 Å². The van der Waals surface area contributed by atoms with E-state index in [1.165, 1.54) is 231 Å². The summed E-state index contributed by atoms with van der Waals surface area (Å²) >= 11 is 0. The quantitative estimate of drug-likeness (QED) is 0.0222. The fourth-order valence-corrected chi connectivity index (χ4v) is 14.2. The number of ether oxygens (including phenoxy) is 4. The number of phosphoric acid groups is 2. The average molecular weight is 1480 g/mol. The molecule has 7 atom stereocenters. The molecule has 0 aliphatic carbocycles. The Kier molecular flexibility index (Phi) is 70.9. The largest absolute Gasteiger partial charge is 0.472 e. The lowest BCUT2D eigenvalue weighted by atomic mass is 9.99. The predicted molar refractivity (Wildman–Crippen MR) is 414 cm³/mol. The molecule has 17 nitrogen and oxygen atoms in total. The molecule has 0 fully saturated rings. The van der Waals surface area contributed by atoms with Crippen LogP contribution in [0.5, 0.6) is 0 Å². The van der Waals surface area contributed by atoms with E-state index in [0.29, 0.717) is 25.7 Å². The molecule has 0 aromatic carbocycles. The number of unbranched alkanes of at least 4 members (excludes halogenated alkanes) is 46. The molecule has 0 amide bonds. The van der Waals surface area contributed by atoms with Crippen LogP contribution in [0.4, 0.5) is 0 Å². The minimum atomic E-state index is -4.96. The van der Waals surface area contributed by atoms with E-state index >= 15 is 0 Å². The van der Waals surface area contributed by atoms with Gasteiger partial charge >= 0.3 is 39.5 Å². The standard InChI is InChI=1S/C82H160O17P2/c1-8-11-12-13-14-15-16-31-37-42-51-58-65-81(86)99-78(70-93-80(85)64-57-50-45-44-48-55-62-75(7)10-3)72-97-101(90,91)95-68-76(83)67-94-100(88,89)96-71-77(69-92-79(84)63-56-49-41-36-32-27-24-23-26-30-35-40-47-54-61-74(6)9-2)98-82(87)66-59-52-43-38-33-28-22-20-18-17-19-21-25-29-34-39-46-53-60-73(4)5/h73-78,83H,8-72H2,1-7H3,(H,88,89)(H,90,91)/t74?,75?,76-,77-,78-/m1/s1. The van der Waals surface area contributed by atoms with E-state index < -0.39 is 97.5 Å². The van der Waals surface area contributed by atoms with Crippen molar-refractivity contribution in [2.45, 2.75) is 446 Å². The van der Waals surface area contributed by atoms with Crippen LogP contribution in [0.15, 0.2) is 0 Å². The monoisotopic (exact) mass is 1480 g/mol. The third-order valence-corrected chi connectivity index (χ3v) is 21.8. The lowest BCUT2D eigenvalue weighted by Gasteiger charge is -2.21. The highest BCUT2D eigenvalue weighted by Gasteiger charge is 2.30. The number of aliphatic hydroxyl groups is 1. The highest BCUT2D eigenvalue weighted by Crippen LogP contribution is 2.45. The van der Waals surface area contributed by atoms with Gasteiger partial charge in [0.15, 0.2) is 12.2 Å². The summed E-state index contributed by atoms with van der Waals surface area (Å²) in [5.41, 5.74) is 0. The van der Waals surface area contributed by atoms with Crippen LogP contribution in [-0.4, -0.2) is 96.7 Å². The van der Waals surface area contributed by atoms with Crippen LogP contribution < -0.4 is 0 Å². The van der Waals surface area contributed by atoms with Gasteiger partial charge in [0.1, 0.15) is 19.3 Å². The number of aliphatic hydroxyl groups excluding tert-OH is 1. The van der Waals surface area contributed by atoms with Crippen molar-refractivity contribution in [1.82, 2.24) is 0 Å². The molecule has 0 saturated carbocycles. The second kappa shape index (κ2) is 72.3. The lowest BCUT2D eigenvalue weighted by Crippen LogP contribution is -2.30. The maximum Gasteiger partial charge on any atom is 0.472 e. The first-order valence-electron chi connectivity index (χ1n) is 42.4. The van der Waals surface area contributed by atoms with Crippen LogP contribution in [0.2, 0.25) is 0 Å². The molecule has 0 aromatic heterocycles. The van der Waals surface area contributed by atoms with E-state index in [1.807, 2.05) is 0 Å². The number of carbonyl (C=O) groups is 4. The summed E-state index contributed by atoms with van der Waals surface area (Å²) < 4.78 is 68.7. The van der Waals surface area contributed by atoms with Gasteiger partial charge in [-0.3, -0.25) is 37.3 Å². The summed E-state index contributed by atoms with van der Waals surface area (Å²) in [6.07, 6.45) is 61.0. The predicted octanol–water partition coefficient (Wildman–Crippen LogP) is 24.5. The third kappa shape index (κ3) is 73.4. The molecular formula is C82H160O17P2. The van der Waals surface area contributed by atoms with Gasteiger partial charge < -0.3 is 33.8 Å². The molecule has 0 radical (unpaired) electrons. The number of esters is 4. The highest BCUT2D eigenvalue weighted by molar-refractivity contribution is 7.47. The fraction of sp³-hybridized carbons (Fsp3) is 0.951. The molecule has 0 spiro atoms. The molecule has 0 aliphatic heterocycles. The molecule has 4 unspecified atom stereocenters. The zero-order valence-corrected chi connectivity index (χ0v) is 68.2. The van der Waals surface area contributed by atoms with Crippen LogP contribution in [0.3, 0.4) is 0 Å².